The van der Waals surface area contributed by atoms with E-state index >= 15 is 0 Å². The molecule has 1 N–H and O–H groups in total. The molecule has 1 aliphatic rings. The van der Waals surface area contributed by atoms with Gasteiger partial charge in [0.2, 0.25) is 0 Å². The topological polar surface area (TPSA) is 84.7 Å². The number of ether oxygens (including phenoxy) is 1. The Kier molecular flexibility index (Phi) is 4.68. The van der Waals surface area contributed by atoms with Crippen molar-refractivity contribution in [2.45, 2.75) is 13.0 Å². The average molecular weight is 394 g/mol. The predicted octanol–water partition coefficient (Wildman–Crippen LogP) is 1.87. The van der Waals surface area contributed by atoms with Crippen LogP contribution >= 0.6 is 15.9 Å². The van der Waals surface area contributed by atoms with Crippen LogP contribution in [-0.4, -0.2) is 57.5 Å². The Hall–Kier alpha value is -2.19. The minimum Gasteiger partial charge on any atom is -0.480 e. The van der Waals surface area contributed by atoms with Crippen molar-refractivity contribution >= 4 is 27.8 Å². The van der Waals surface area contributed by atoms with Gasteiger partial charge in [-0.1, -0.05) is 15.9 Å². The number of nitrogens with zero attached hydrogens (tertiary/aromatic N) is 3. The van der Waals surface area contributed by atoms with Gasteiger partial charge in [0.05, 0.1) is 36.4 Å². The van der Waals surface area contributed by atoms with Crippen molar-refractivity contribution in [3.63, 3.8) is 0 Å². The summed E-state index contributed by atoms with van der Waals surface area (Å²) in [6, 6.07) is 6.57. The Labute approximate surface area is 147 Å². The van der Waals surface area contributed by atoms with Gasteiger partial charge < -0.3 is 14.7 Å². The van der Waals surface area contributed by atoms with E-state index in [1.54, 1.807) is 11.6 Å². The first-order valence-electron chi connectivity index (χ1n) is 7.41. The van der Waals surface area contributed by atoms with E-state index in [0.29, 0.717) is 17.9 Å². The molecule has 0 bridgehead atoms. The molecule has 1 aromatic heterocycles. The zero-order valence-corrected chi connectivity index (χ0v) is 14.6. The van der Waals surface area contributed by atoms with Gasteiger partial charge in [-0.25, -0.2) is 9.48 Å². The SMILES string of the molecule is Cc1c(C(=O)N2CCOC[C@@H]2C(=O)O)cnn1-c1ccc(Br)cc1. The van der Waals surface area contributed by atoms with Crippen LogP contribution in [0.2, 0.25) is 0 Å². The molecule has 1 aliphatic heterocycles. The van der Waals surface area contributed by atoms with E-state index in [2.05, 4.69) is 21.0 Å². The number of hydrogen-bond acceptors (Lipinski definition) is 4. The Bertz CT molecular complexity index is 772. The minimum absolute atomic E-state index is 0.000963. The molecular formula is C16H16BrN3O4. The maximum Gasteiger partial charge on any atom is 0.328 e. The summed E-state index contributed by atoms with van der Waals surface area (Å²) in [5.41, 5.74) is 1.88. The third-order valence-electron chi connectivity index (χ3n) is 3.99. The van der Waals surface area contributed by atoms with Crippen molar-refractivity contribution in [2.75, 3.05) is 19.8 Å². The van der Waals surface area contributed by atoms with Crippen molar-refractivity contribution in [2.24, 2.45) is 0 Å². The van der Waals surface area contributed by atoms with E-state index in [1.165, 1.54) is 11.1 Å². The molecule has 24 heavy (non-hydrogen) atoms. The molecule has 0 spiro atoms. The molecule has 1 aromatic carbocycles. The van der Waals surface area contributed by atoms with E-state index in [1.807, 2.05) is 24.3 Å². The van der Waals surface area contributed by atoms with Gasteiger partial charge in [0.25, 0.3) is 5.91 Å². The van der Waals surface area contributed by atoms with Gasteiger partial charge in [-0.2, -0.15) is 5.10 Å². The lowest BCUT2D eigenvalue weighted by Gasteiger charge is -2.32. The number of benzene rings is 1. The van der Waals surface area contributed by atoms with E-state index in [-0.39, 0.29) is 19.1 Å². The summed E-state index contributed by atoms with van der Waals surface area (Å²) >= 11 is 3.38. The molecule has 2 aromatic rings. The molecule has 0 saturated carbocycles. The Morgan fingerprint density at radius 3 is 2.71 bits per heavy atom. The second kappa shape index (κ2) is 6.74. The number of carbonyl (C=O) groups excluding carboxylic acids is 1. The molecule has 0 aliphatic carbocycles. The molecule has 0 unspecified atom stereocenters. The molecule has 8 heteroatoms. The van der Waals surface area contributed by atoms with Crippen LogP contribution in [0.1, 0.15) is 16.1 Å². The van der Waals surface area contributed by atoms with E-state index in [9.17, 15) is 14.7 Å². The van der Waals surface area contributed by atoms with Gasteiger partial charge in [0, 0.05) is 11.0 Å². The predicted molar refractivity (Wildman–Crippen MR) is 89.3 cm³/mol. The van der Waals surface area contributed by atoms with Crippen LogP contribution in [0.15, 0.2) is 34.9 Å². The number of morpholine rings is 1. The van der Waals surface area contributed by atoms with Crippen LogP contribution in [0.25, 0.3) is 5.69 Å². The van der Waals surface area contributed by atoms with Crippen molar-refractivity contribution in [3.05, 3.63) is 46.2 Å². The van der Waals surface area contributed by atoms with E-state index in [0.717, 1.165) is 10.2 Å². The van der Waals surface area contributed by atoms with Crippen LogP contribution in [-0.2, 0) is 9.53 Å². The number of amides is 1. The summed E-state index contributed by atoms with van der Waals surface area (Å²) in [4.78, 5) is 25.5. The van der Waals surface area contributed by atoms with Gasteiger partial charge in [-0.05, 0) is 31.2 Å². The number of aliphatic carboxylic acids is 1. The highest BCUT2D eigenvalue weighted by Gasteiger charge is 2.34. The lowest BCUT2D eigenvalue weighted by molar-refractivity contribution is -0.147. The van der Waals surface area contributed by atoms with Crippen LogP contribution in [0.3, 0.4) is 0 Å². The summed E-state index contributed by atoms with van der Waals surface area (Å²) < 4.78 is 7.79. The fraction of sp³-hybridized carbons (Fsp3) is 0.312. The molecule has 7 nitrogen and oxygen atoms in total. The monoisotopic (exact) mass is 393 g/mol. The zero-order valence-electron chi connectivity index (χ0n) is 13.0. The number of carboxylic acid groups (broad SMARTS) is 1. The fourth-order valence-corrected chi connectivity index (χ4v) is 2.93. The normalized spacial score (nSPS) is 17.8. The molecule has 0 radical (unpaired) electrons. The van der Waals surface area contributed by atoms with Gasteiger partial charge in [0.1, 0.15) is 0 Å². The smallest absolute Gasteiger partial charge is 0.328 e. The molecule has 1 atom stereocenters. The van der Waals surface area contributed by atoms with Crippen molar-refractivity contribution < 1.29 is 19.4 Å². The molecular weight excluding hydrogens is 378 g/mol. The molecule has 2 heterocycles. The highest BCUT2D eigenvalue weighted by molar-refractivity contribution is 9.10. The Balaban J connectivity index is 1.91. The standard InChI is InChI=1S/C16H16BrN3O4/c1-10-13(8-18-20(10)12-4-2-11(17)3-5-12)15(21)19-6-7-24-9-14(19)16(22)23/h2-5,8,14H,6-7,9H2,1H3,(H,22,23)/t14-/m1/s1. The lowest BCUT2D eigenvalue weighted by Crippen LogP contribution is -2.52. The molecule has 1 amide bonds. The highest BCUT2D eigenvalue weighted by atomic mass is 79.9. The third kappa shape index (κ3) is 3.07. The second-order valence-electron chi connectivity index (χ2n) is 5.46. The number of carboxylic acids is 1. The molecule has 126 valence electrons. The summed E-state index contributed by atoms with van der Waals surface area (Å²) in [7, 11) is 0. The molecule has 1 saturated heterocycles. The van der Waals surface area contributed by atoms with Gasteiger partial charge in [-0.15, -0.1) is 0 Å². The number of hydrogen-bond donors (Lipinski definition) is 1. The van der Waals surface area contributed by atoms with Crippen molar-refractivity contribution in [3.8, 4) is 5.69 Å². The largest absolute Gasteiger partial charge is 0.480 e. The average Bonchev–Trinajstić information content (AvgIpc) is 2.96. The van der Waals surface area contributed by atoms with Crippen LogP contribution in [0.5, 0.6) is 0 Å². The molecule has 3 rings (SSSR count). The number of halogens is 1. The first kappa shape index (κ1) is 16.7. The summed E-state index contributed by atoms with van der Waals surface area (Å²) in [5, 5.41) is 13.6. The van der Waals surface area contributed by atoms with Gasteiger partial charge >= 0.3 is 5.97 Å². The minimum atomic E-state index is -1.07. The van der Waals surface area contributed by atoms with Crippen molar-refractivity contribution in [1.29, 1.82) is 0 Å². The second-order valence-corrected chi connectivity index (χ2v) is 6.38. The summed E-state index contributed by atoms with van der Waals surface area (Å²) in [5.74, 6) is -1.41. The highest BCUT2D eigenvalue weighted by Crippen LogP contribution is 2.20. The first-order valence-corrected chi connectivity index (χ1v) is 8.20. The van der Waals surface area contributed by atoms with E-state index < -0.39 is 12.0 Å². The van der Waals surface area contributed by atoms with Gasteiger partial charge in [-0.3, -0.25) is 4.79 Å². The van der Waals surface area contributed by atoms with E-state index in [4.69, 9.17) is 4.74 Å². The summed E-state index contributed by atoms with van der Waals surface area (Å²) in [6.07, 6.45) is 1.48. The third-order valence-corrected chi connectivity index (χ3v) is 4.51. The van der Waals surface area contributed by atoms with Crippen LogP contribution < -0.4 is 0 Å². The van der Waals surface area contributed by atoms with Crippen LogP contribution in [0.4, 0.5) is 0 Å². The zero-order chi connectivity index (χ0) is 17.3. The maximum atomic E-state index is 12.8. The Morgan fingerprint density at radius 2 is 2.04 bits per heavy atom. The maximum absolute atomic E-state index is 12.8. The lowest BCUT2D eigenvalue weighted by atomic mass is 10.1. The number of carbonyl (C=O) groups is 2. The van der Waals surface area contributed by atoms with Gasteiger partial charge in [0.15, 0.2) is 6.04 Å². The Morgan fingerprint density at radius 1 is 1.33 bits per heavy atom. The fourth-order valence-electron chi connectivity index (χ4n) is 2.67. The summed E-state index contributed by atoms with van der Waals surface area (Å²) in [6.45, 7) is 2.37. The number of aromatic nitrogens is 2. The molecule has 1 fully saturated rings. The first-order chi connectivity index (χ1) is 11.5. The van der Waals surface area contributed by atoms with Crippen LogP contribution in [0, 0.1) is 6.92 Å². The number of rotatable bonds is 3. The van der Waals surface area contributed by atoms with Crippen molar-refractivity contribution in [1.82, 2.24) is 14.7 Å². The quantitative estimate of drug-likeness (QED) is 0.860.